The molecule has 1 atom stereocenters. The predicted octanol–water partition coefficient (Wildman–Crippen LogP) is 3.16. The van der Waals surface area contributed by atoms with Gasteiger partial charge in [0.05, 0.1) is 11.1 Å². The minimum atomic E-state index is -0.792. The van der Waals surface area contributed by atoms with E-state index < -0.39 is 17.9 Å². The van der Waals surface area contributed by atoms with Gasteiger partial charge in [-0.3, -0.25) is 9.59 Å². The second-order valence-corrected chi connectivity index (χ2v) is 6.66. The second kappa shape index (κ2) is 8.46. The van der Waals surface area contributed by atoms with Crippen LogP contribution in [0.15, 0.2) is 22.7 Å². The molecule has 0 bridgehead atoms. The largest absolute Gasteiger partial charge is 0.480 e. The fourth-order valence-electron chi connectivity index (χ4n) is 2.28. The Balaban J connectivity index is 2.01. The number of rotatable bonds is 8. The van der Waals surface area contributed by atoms with E-state index in [1.807, 2.05) is 0 Å². The van der Waals surface area contributed by atoms with Crippen molar-refractivity contribution in [3.63, 3.8) is 0 Å². The third-order valence-electron chi connectivity index (χ3n) is 3.66. The summed E-state index contributed by atoms with van der Waals surface area (Å²) in [7, 11) is 0. The van der Waals surface area contributed by atoms with Crippen molar-refractivity contribution in [3.05, 3.63) is 28.5 Å². The molecule has 0 saturated heterocycles. The summed E-state index contributed by atoms with van der Waals surface area (Å²) in [5.41, 5.74) is 0. The van der Waals surface area contributed by atoms with E-state index in [2.05, 4.69) is 15.9 Å². The SMILES string of the molecule is CCOC(=O)CN(CC1CC1)C(=O)C(C)Oc1ccc(F)cc1Br. The Hall–Kier alpha value is -1.63. The van der Waals surface area contributed by atoms with Crippen LogP contribution in [0.2, 0.25) is 0 Å². The van der Waals surface area contributed by atoms with Gasteiger partial charge < -0.3 is 14.4 Å². The molecular weight excluding hydrogens is 381 g/mol. The summed E-state index contributed by atoms with van der Waals surface area (Å²) in [4.78, 5) is 25.8. The first-order valence-corrected chi connectivity index (χ1v) is 8.76. The molecule has 0 radical (unpaired) electrons. The van der Waals surface area contributed by atoms with Crippen LogP contribution in [0.1, 0.15) is 26.7 Å². The van der Waals surface area contributed by atoms with E-state index >= 15 is 0 Å². The van der Waals surface area contributed by atoms with Crippen LogP contribution in [0, 0.1) is 11.7 Å². The summed E-state index contributed by atoms with van der Waals surface area (Å²) < 4.78 is 24.1. The Morgan fingerprint density at radius 1 is 1.42 bits per heavy atom. The first-order chi connectivity index (χ1) is 11.4. The maximum atomic E-state index is 13.1. The number of hydrogen-bond acceptors (Lipinski definition) is 4. The minimum absolute atomic E-state index is 0.0819. The molecule has 5 nitrogen and oxygen atoms in total. The molecule has 1 aliphatic carbocycles. The number of ether oxygens (including phenoxy) is 2. The highest BCUT2D eigenvalue weighted by atomic mass is 79.9. The number of halogens is 2. The molecule has 0 heterocycles. The zero-order valence-corrected chi connectivity index (χ0v) is 15.3. The van der Waals surface area contributed by atoms with Crippen molar-refractivity contribution in [3.8, 4) is 5.75 Å². The van der Waals surface area contributed by atoms with Gasteiger partial charge in [0.25, 0.3) is 5.91 Å². The fraction of sp³-hybridized carbons (Fsp3) is 0.529. The smallest absolute Gasteiger partial charge is 0.325 e. The van der Waals surface area contributed by atoms with E-state index in [-0.39, 0.29) is 19.1 Å². The number of amides is 1. The highest BCUT2D eigenvalue weighted by Crippen LogP contribution is 2.30. The zero-order valence-electron chi connectivity index (χ0n) is 13.8. The standard InChI is InChI=1S/C17H21BrFNO4/c1-3-23-16(21)10-20(9-12-4-5-12)17(22)11(2)24-15-7-6-13(19)8-14(15)18/h6-8,11-12H,3-5,9-10H2,1-2H3. The number of carbonyl (C=O) groups excluding carboxylic acids is 2. The van der Waals surface area contributed by atoms with Crippen molar-refractivity contribution < 1.29 is 23.5 Å². The van der Waals surface area contributed by atoms with E-state index in [1.54, 1.807) is 13.8 Å². The lowest BCUT2D eigenvalue weighted by Crippen LogP contribution is -2.44. The van der Waals surface area contributed by atoms with Crippen LogP contribution in [0.4, 0.5) is 4.39 Å². The first-order valence-electron chi connectivity index (χ1n) is 7.96. The Labute approximate surface area is 149 Å². The van der Waals surface area contributed by atoms with Gasteiger partial charge in [-0.05, 0) is 66.7 Å². The molecule has 7 heteroatoms. The van der Waals surface area contributed by atoms with Crippen molar-refractivity contribution in [2.75, 3.05) is 19.7 Å². The number of hydrogen-bond donors (Lipinski definition) is 0. The van der Waals surface area contributed by atoms with Crippen LogP contribution in [-0.2, 0) is 14.3 Å². The average molecular weight is 402 g/mol. The summed E-state index contributed by atoms with van der Waals surface area (Å²) in [5.74, 6) is -0.299. The number of carbonyl (C=O) groups is 2. The molecule has 1 saturated carbocycles. The fourth-order valence-corrected chi connectivity index (χ4v) is 2.72. The van der Waals surface area contributed by atoms with Crippen molar-refractivity contribution in [2.45, 2.75) is 32.8 Å². The molecule has 24 heavy (non-hydrogen) atoms. The van der Waals surface area contributed by atoms with Crippen molar-refractivity contribution in [2.24, 2.45) is 5.92 Å². The summed E-state index contributed by atoms with van der Waals surface area (Å²) >= 11 is 3.21. The van der Waals surface area contributed by atoms with E-state index in [9.17, 15) is 14.0 Å². The molecule has 1 aliphatic rings. The van der Waals surface area contributed by atoms with Gasteiger partial charge in [-0.2, -0.15) is 0 Å². The second-order valence-electron chi connectivity index (χ2n) is 5.80. The van der Waals surface area contributed by atoms with Crippen LogP contribution < -0.4 is 4.74 Å². The van der Waals surface area contributed by atoms with Crippen LogP contribution in [-0.4, -0.2) is 42.6 Å². The van der Waals surface area contributed by atoms with Crippen molar-refractivity contribution >= 4 is 27.8 Å². The summed E-state index contributed by atoms with van der Waals surface area (Å²) in [6.07, 6.45) is 1.33. The van der Waals surface area contributed by atoms with E-state index in [0.29, 0.717) is 22.7 Å². The van der Waals surface area contributed by atoms with Crippen molar-refractivity contribution in [1.29, 1.82) is 0 Å². The van der Waals surface area contributed by atoms with Crippen LogP contribution >= 0.6 is 15.9 Å². The minimum Gasteiger partial charge on any atom is -0.480 e. The van der Waals surface area contributed by atoms with E-state index in [4.69, 9.17) is 9.47 Å². The topological polar surface area (TPSA) is 55.8 Å². The van der Waals surface area contributed by atoms with Gasteiger partial charge in [0.2, 0.25) is 0 Å². The molecule has 1 unspecified atom stereocenters. The van der Waals surface area contributed by atoms with Crippen LogP contribution in [0.25, 0.3) is 0 Å². The molecule has 1 fully saturated rings. The van der Waals surface area contributed by atoms with Crippen LogP contribution in [0.3, 0.4) is 0 Å². The third-order valence-corrected chi connectivity index (χ3v) is 4.28. The molecule has 2 rings (SSSR count). The summed E-state index contributed by atoms with van der Waals surface area (Å²) in [6.45, 7) is 4.06. The molecule has 0 aromatic heterocycles. The maximum absolute atomic E-state index is 13.1. The monoisotopic (exact) mass is 401 g/mol. The lowest BCUT2D eigenvalue weighted by atomic mass is 10.2. The summed E-state index contributed by atoms with van der Waals surface area (Å²) in [5, 5.41) is 0. The number of esters is 1. The molecule has 0 N–H and O–H groups in total. The normalized spacial score (nSPS) is 14.8. The van der Waals surface area contributed by atoms with E-state index in [1.165, 1.54) is 23.1 Å². The van der Waals surface area contributed by atoms with Gasteiger partial charge in [0.1, 0.15) is 18.1 Å². The molecule has 1 aromatic carbocycles. The molecule has 132 valence electrons. The quantitative estimate of drug-likeness (QED) is 0.627. The average Bonchev–Trinajstić information content (AvgIpc) is 3.33. The Bertz CT molecular complexity index is 606. The Morgan fingerprint density at radius 2 is 2.12 bits per heavy atom. The highest BCUT2D eigenvalue weighted by Gasteiger charge is 2.31. The molecular formula is C17H21BrFNO4. The molecule has 0 aliphatic heterocycles. The van der Waals surface area contributed by atoms with Gasteiger partial charge in [0, 0.05) is 6.54 Å². The highest BCUT2D eigenvalue weighted by molar-refractivity contribution is 9.10. The third kappa shape index (κ3) is 5.47. The predicted molar refractivity (Wildman–Crippen MR) is 90.1 cm³/mol. The van der Waals surface area contributed by atoms with Gasteiger partial charge in [-0.15, -0.1) is 0 Å². The zero-order chi connectivity index (χ0) is 17.7. The van der Waals surface area contributed by atoms with Crippen molar-refractivity contribution in [1.82, 2.24) is 4.90 Å². The molecule has 1 aromatic rings. The van der Waals surface area contributed by atoms with Gasteiger partial charge in [-0.1, -0.05) is 0 Å². The lowest BCUT2D eigenvalue weighted by molar-refractivity contribution is -0.151. The van der Waals surface area contributed by atoms with Gasteiger partial charge >= 0.3 is 5.97 Å². The number of benzene rings is 1. The van der Waals surface area contributed by atoms with E-state index in [0.717, 1.165) is 12.8 Å². The Kier molecular flexibility index (Phi) is 6.60. The maximum Gasteiger partial charge on any atom is 0.325 e. The molecule has 1 amide bonds. The Morgan fingerprint density at radius 3 is 2.71 bits per heavy atom. The number of nitrogens with zero attached hydrogens (tertiary/aromatic N) is 1. The lowest BCUT2D eigenvalue weighted by Gasteiger charge is -2.25. The van der Waals surface area contributed by atoms with Gasteiger partial charge in [0.15, 0.2) is 6.10 Å². The van der Waals surface area contributed by atoms with Crippen LogP contribution in [0.5, 0.6) is 5.75 Å². The summed E-state index contributed by atoms with van der Waals surface area (Å²) in [6, 6.07) is 3.99. The first kappa shape index (κ1) is 18.7. The van der Waals surface area contributed by atoms with Gasteiger partial charge in [-0.25, -0.2) is 4.39 Å². The molecule has 0 spiro atoms.